The third-order valence-electron chi connectivity index (χ3n) is 5.25. The number of ether oxygens (including phenoxy) is 1. The van der Waals surface area contributed by atoms with E-state index in [4.69, 9.17) is 10.5 Å². The van der Waals surface area contributed by atoms with Gasteiger partial charge in [-0.15, -0.1) is 0 Å². The number of primary amides is 1. The summed E-state index contributed by atoms with van der Waals surface area (Å²) < 4.78 is 5.20. The van der Waals surface area contributed by atoms with Crippen molar-refractivity contribution in [3.63, 3.8) is 0 Å². The summed E-state index contributed by atoms with van der Waals surface area (Å²) in [6.07, 6.45) is -1.43. The number of hydrogen-bond donors (Lipinski definition) is 4. The van der Waals surface area contributed by atoms with Crippen molar-refractivity contribution in [3.05, 3.63) is 65.2 Å². The standard InChI is InChI=1S/C26H34N4O6/c1-16-10-9-13-18(22(16)32)21(23(33)28-15-17-11-7-6-8-12-17)30(5)24(34)19(14-20(27)31)29-25(35)36-26(2,3)4/h6-13,19,21,32H,14-15H2,1-5H3,(H2,27,31)(H,28,33)(H,29,35). The smallest absolute Gasteiger partial charge is 0.408 e. The molecule has 0 bridgehead atoms. The Morgan fingerprint density at radius 1 is 1.06 bits per heavy atom. The number of aryl methyl sites for hydroxylation is 1. The second-order valence-corrected chi connectivity index (χ2v) is 9.44. The lowest BCUT2D eigenvalue weighted by Gasteiger charge is -2.31. The molecule has 0 saturated heterocycles. The van der Waals surface area contributed by atoms with E-state index in [1.165, 1.54) is 13.1 Å². The molecule has 0 fully saturated rings. The second kappa shape index (κ2) is 12.1. The van der Waals surface area contributed by atoms with Crippen molar-refractivity contribution in [2.45, 2.75) is 58.3 Å². The van der Waals surface area contributed by atoms with Gasteiger partial charge in [0.1, 0.15) is 23.4 Å². The molecule has 10 nitrogen and oxygen atoms in total. The summed E-state index contributed by atoms with van der Waals surface area (Å²) in [5.74, 6) is -2.31. The van der Waals surface area contributed by atoms with E-state index in [-0.39, 0.29) is 17.9 Å². The molecule has 4 amide bonds. The zero-order valence-corrected chi connectivity index (χ0v) is 21.2. The Labute approximate surface area is 210 Å². The summed E-state index contributed by atoms with van der Waals surface area (Å²) in [5, 5.41) is 15.9. The van der Waals surface area contributed by atoms with Crippen molar-refractivity contribution >= 4 is 23.8 Å². The summed E-state index contributed by atoms with van der Waals surface area (Å²) in [6.45, 7) is 6.80. The number of hydrogen-bond acceptors (Lipinski definition) is 6. The lowest BCUT2D eigenvalue weighted by atomic mass is 9.99. The van der Waals surface area contributed by atoms with E-state index in [0.29, 0.717) is 5.56 Å². The minimum absolute atomic E-state index is 0.149. The lowest BCUT2D eigenvalue weighted by Crippen LogP contribution is -2.52. The third kappa shape index (κ3) is 8.00. The van der Waals surface area contributed by atoms with Gasteiger partial charge in [-0.05, 0) is 38.8 Å². The number of phenolic OH excluding ortho intramolecular Hbond substituents is 1. The topological polar surface area (TPSA) is 151 Å². The first-order valence-electron chi connectivity index (χ1n) is 11.4. The van der Waals surface area contributed by atoms with E-state index < -0.39 is 47.9 Å². The third-order valence-corrected chi connectivity index (χ3v) is 5.25. The van der Waals surface area contributed by atoms with Crippen molar-refractivity contribution in [2.24, 2.45) is 5.73 Å². The normalized spacial score (nSPS) is 12.7. The summed E-state index contributed by atoms with van der Waals surface area (Å²) in [6, 6.07) is 11.4. The number of benzene rings is 2. The van der Waals surface area contributed by atoms with Gasteiger partial charge in [0, 0.05) is 19.2 Å². The summed E-state index contributed by atoms with van der Waals surface area (Å²) in [7, 11) is 1.35. The first kappa shape index (κ1) is 28.2. The molecule has 2 aromatic rings. The van der Waals surface area contributed by atoms with Crippen LogP contribution < -0.4 is 16.4 Å². The quantitative estimate of drug-likeness (QED) is 0.416. The Hall–Kier alpha value is -4.08. The van der Waals surface area contributed by atoms with Gasteiger partial charge >= 0.3 is 6.09 Å². The van der Waals surface area contributed by atoms with E-state index in [1.807, 2.05) is 30.3 Å². The maximum atomic E-state index is 13.5. The van der Waals surface area contributed by atoms with Gasteiger partial charge in [0.25, 0.3) is 0 Å². The molecular weight excluding hydrogens is 464 g/mol. The molecule has 0 aliphatic heterocycles. The summed E-state index contributed by atoms with van der Waals surface area (Å²) in [4.78, 5) is 51.9. The number of amides is 4. The number of nitrogens with one attached hydrogen (secondary N) is 2. The van der Waals surface area contributed by atoms with E-state index in [9.17, 15) is 24.3 Å². The fourth-order valence-corrected chi connectivity index (χ4v) is 3.53. The monoisotopic (exact) mass is 498 g/mol. The van der Waals surface area contributed by atoms with Gasteiger partial charge in [-0.1, -0.05) is 48.5 Å². The molecule has 0 aromatic heterocycles. The van der Waals surface area contributed by atoms with Crippen LogP contribution in [0.15, 0.2) is 48.5 Å². The van der Waals surface area contributed by atoms with Gasteiger partial charge in [0.05, 0.1) is 6.42 Å². The van der Waals surface area contributed by atoms with Crippen LogP contribution >= 0.6 is 0 Å². The maximum Gasteiger partial charge on any atom is 0.408 e. The SMILES string of the molecule is Cc1cccc(C(C(=O)NCc2ccccc2)N(C)C(=O)C(CC(N)=O)NC(=O)OC(C)(C)C)c1O. The molecular formula is C26H34N4O6. The van der Waals surface area contributed by atoms with Crippen molar-refractivity contribution < 1.29 is 29.0 Å². The van der Waals surface area contributed by atoms with Crippen LogP contribution in [0.4, 0.5) is 4.79 Å². The number of nitrogens with two attached hydrogens (primary N) is 1. The molecule has 0 saturated carbocycles. The van der Waals surface area contributed by atoms with Crippen LogP contribution in [0.25, 0.3) is 0 Å². The minimum atomic E-state index is -1.39. The van der Waals surface area contributed by atoms with Gasteiger partial charge in [-0.2, -0.15) is 0 Å². The fraction of sp³-hybridized carbons (Fsp3) is 0.385. The highest BCUT2D eigenvalue weighted by molar-refractivity contribution is 5.94. The van der Waals surface area contributed by atoms with Crippen LogP contribution in [-0.2, 0) is 25.7 Å². The Balaban J connectivity index is 2.38. The predicted molar refractivity (Wildman–Crippen MR) is 134 cm³/mol. The van der Waals surface area contributed by atoms with E-state index in [2.05, 4.69) is 10.6 Å². The van der Waals surface area contributed by atoms with Crippen LogP contribution in [-0.4, -0.2) is 52.5 Å². The molecule has 0 spiro atoms. The van der Waals surface area contributed by atoms with Crippen molar-refractivity contribution in [3.8, 4) is 5.75 Å². The number of para-hydroxylation sites is 1. The largest absolute Gasteiger partial charge is 0.507 e. The Morgan fingerprint density at radius 3 is 2.28 bits per heavy atom. The molecule has 2 rings (SSSR count). The maximum absolute atomic E-state index is 13.5. The van der Waals surface area contributed by atoms with Crippen LogP contribution in [0, 0.1) is 6.92 Å². The molecule has 10 heteroatoms. The van der Waals surface area contributed by atoms with Gasteiger partial charge in [0.2, 0.25) is 17.7 Å². The van der Waals surface area contributed by atoms with Gasteiger partial charge in [-0.3, -0.25) is 14.4 Å². The molecule has 5 N–H and O–H groups in total. The number of rotatable bonds is 9. The first-order chi connectivity index (χ1) is 16.8. The molecule has 0 aliphatic rings. The van der Waals surface area contributed by atoms with Crippen molar-refractivity contribution in [1.82, 2.24) is 15.5 Å². The number of carbonyl (C=O) groups is 4. The molecule has 36 heavy (non-hydrogen) atoms. The van der Waals surface area contributed by atoms with Crippen LogP contribution in [0.5, 0.6) is 5.75 Å². The Kier molecular flexibility index (Phi) is 9.43. The fourth-order valence-electron chi connectivity index (χ4n) is 3.53. The molecule has 0 heterocycles. The average molecular weight is 499 g/mol. The van der Waals surface area contributed by atoms with Crippen LogP contribution in [0.1, 0.15) is 49.9 Å². The molecule has 2 unspecified atom stereocenters. The van der Waals surface area contributed by atoms with Crippen LogP contribution in [0.3, 0.4) is 0 Å². The number of nitrogens with zero attached hydrogens (tertiary/aromatic N) is 1. The molecule has 0 radical (unpaired) electrons. The van der Waals surface area contributed by atoms with E-state index >= 15 is 0 Å². The highest BCUT2D eigenvalue weighted by Gasteiger charge is 2.36. The average Bonchev–Trinajstić information content (AvgIpc) is 2.78. The number of likely N-dealkylation sites (N-methyl/N-ethyl adjacent to an activating group) is 1. The zero-order valence-electron chi connectivity index (χ0n) is 21.2. The highest BCUT2D eigenvalue weighted by Crippen LogP contribution is 2.31. The van der Waals surface area contributed by atoms with E-state index in [1.54, 1.807) is 39.8 Å². The molecule has 0 aliphatic carbocycles. The van der Waals surface area contributed by atoms with Crippen molar-refractivity contribution in [1.29, 1.82) is 0 Å². The molecule has 194 valence electrons. The van der Waals surface area contributed by atoms with Crippen LogP contribution in [0.2, 0.25) is 0 Å². The molecule has 2 aromatic carbocycles. The number of aromatic hydroxyl groups is 1. The van der Waals surface area contributed by atoms with E-state index in [0.717, 1.165) is 10.5 Å². The number of alkyl carbamates (subject to hydrolysis) is 1. The number of carbonyl (C=O) groups excluding carboxylic acids is 4. The minimum Gasteiger partial charge on any atom is -0.507 e. The Morgan fingerprint density at radius 2 is 1.69 bits per heavy atom. The number of phenols is 1. The van der Waals surface area contributed by atoms with Gasteiger partial charge < -0.3 is 31.1 Å². The highest BCUT2D eigenvalue weighted by atomic mass is 16.6. The summed E-state index contributed by atoms with van der Waals surface area (Å²) in [5.41, 5.74) is 6.01. The molecule has 2 atom stereocenters. The van der Waals surface area contributed by atoms with Gasteiger partial charge in [0.15, 0.2) is 0 Å². The lowest BCUT2D eigenvalue weighted by molar-refractivity contribution is -0.141. The summed E-state index contributed by atoms with van der Waals surface area (Å²) >= 11 is 0. The van der Waals surface area contributed by atoms with Gasteiger partial charge in [-0.25, -0.2) is 4.79 Å². The first-order valence-corrected chi connectivity index (χ1v) is 11.4. The Bertz CT molecular complexity index is 1100. The predicted octanol–water partition coefficient (Wildman–Crippen LogP) is 2.29. The zero-order chi connectivity index (χ0) is 27.0. The second-order valence-electron chi connectivity index (χ2n) is 9.44. The van der Waals surface area contributed by atoms with Crippen molar-refractivity contribution in [2.75, 3.05) is 7.05 Å².